The molecule has 2 rings (SSSR count). The third-order valence-electron chi connectivity index (χ3n) is 3.59. The van der Waals surface area contributed by atoms with Crippen molar-refractivity contribution in [3.05, 3.63) is 30.3 Å². The number of amides is 1. The number of anilines is 1. The maximum absolute atomic E-state index is 12.6. The Morgan fingerprint density at radius 2 is 2.05 bits per heavy atom. The molecule has 1 aliphatic heterocycles. The minimum Gasteiger partial charge on any atom is -0.480 e. The molecule has 0 saturated carbocycles. The third-order valence-corrected chi connectivity index (χ3v) is 3.59. The first kappa shape index (κ1) is 14.5. The molecule has 1 heterocycles. The predicted molar refractivity (Wildman–Crippen MR) is 76.6 cm³/mol. The van der Waals surface area contributed by atoms with E-state index in [1.165, 1.54) is 4.90 Å². The van der Waals surface area contributed by atoms with E-state index in [9.17, 15) is 9.59 Å². The van der Waals surface area contributed by atoms with Crippen LogP contribution in [-0.4, -0.2) is 36.1 Å². The fraction of sp³-hybridized carbons (Fsp3) is 0.467. The Kier molecular flexibility index (Phi) is 4.74. The SMILES string of the molecule is CC1CCNC(C(=O)N(CC(=O)O)c2ccccc2)C1. The van der Waals surface area contributed by atoms with Gasteiger partial charge in [0.15, 0.2) is 0 Å². The molecule has 0 bridgehead atoms. The lowest BCUT2D eigenvalue weighted by atomic mass is 9.93. The molecule has 0 aliphatic carbocycles. The van der Waals surface area contributed by atoms with E-state index in [1.807, 2.05) is 6.07 Å². The lowest BCUT2D eigenvalue weighted by Crippen LogP contribution is -2.51. The lowest BCUT2D eigenvalue weighted by molar-refractivity contribution is -0.137. The summed E-state index contributed by atoms with van der Waals surface area (Å²) < 4.78 is 0. The zero-order chi connectivity index (χ0) is 14.5. The maximum atomic E-state index is 12.6. The molecule has 1 amide bonds. The monoisotopic (exact) mass is 276 g/mol. The quantitative estimate of drug-likeness (QED) is 0.874. The first-order chi connectivity index (χ1) is 9.58. The summed E-state index contributed by atoms with van der Waals surface area (Å²) >= 11 is 0. The van der Waals surface area contributed by atoms with E-state index in [-0.39, 0.29) is 18.5 Å². The molecule has 0 spiro atoms. The van der Waals surface area contributed by atoms with Crippen molar-refractivity contribution in [1.29, 1.82) is 0 Å². The van der Waals surface area contributed by atoms with Gasteiger partial charge in [-0.25, -0.2) is 0 Å². The van der Waals surface area contributed by atoms with Crippen molar-refractivity contribution in [2.24, 2.45) is 5.92 Å². The molecule has 1 aromatic rings. The van der Waals surface area contributed by atoms with Crippen LogP contribution in [0.15, 0.2) is 30.3 Å². The van der Waals surface area contributed by atoms with Crippen LogP contribution in [0.2, 0.25) is 0 Å². The van der Waals surface area contributed by atoms with Gasteiger partial charge in [0.25, 0.3) is 0 Å². The van der Waals surface area contributed by atoms with Crippen LogP contribution < -0.4 is 10.2 Å². The molecule has 2 N–H and O–H groups in total. The van der Waals surface area contributed by atoms with E-state index < -0.39 is 5.97 Å². The smallest absolute Gasteiger partial charge is 0.323 e. The number of rotatable bonds is 4. The lowest BCUT2D eigenvalue weighted by Gasteiger charge is -2.31. The highest BCUT2D eigenvalue weighted by atomic mass is 16.4. The second kappa shape index (κ2) is 6.52. The zero-order valence-corrected chi connectivity index (χ0v) is 11.6. The van der Waals surface area contributed by atoms with Crippen LogP contribution in [0.4, 0.5) is 5.69 Å². The summed E-state index contributed by atoms with van der Waals surface area (Å²) in [5.41, 5.74) is 0.625. The minimum atomic E-state index is -1.01. The molecule has 1 fully saturated rings. The first-order valence-electron chi connectivity index (χ1n) is 6.89. The Bertz CT molecular complexity index is 475. The fourth-order valence-electron chi connectivity index (χ4n) is 2.52. The Hall–Kier alpha value is -1.88. The highest BCUT2D eigenvalue weighted by Gasteiger charge is 2.30. The third kappa shape index (κ3) is 3.57. The largest absolute Gasteiger partial charge is 0.480 e. The van der Waals surface area contributed by atoms with E-state index >= 15 is 0 Å². The number of nitrogens with one attached hydrogen (secondary N) is 1. The summed E-state index contributed by atoms with van der Waals surface area (Å²) in [4.78, 5) is 24.9. The van der Waals surface area contributed by atoms with Crippen LogP contribution in [-0.2, 0) is 9.59 Å². The number of benzene rings is 1. The summed E-state index contributed by atoms with van der Waals surface area (Å²) in [5, 5.41) is 12.2. The molecule has 0 aromatic heterocycles. The molecular formula is C15H20N2O3. The van der Waals surface area contributed by atoms with Gasteiger partial charge in [-0.15, -0.1) is 0 Å². The van der Waals surface area contributed by atoms with E-state index in [4.69, 9.17) is 5.11 Å². The number of carbonyl (C=O) groups excluding carboxylic acids is 1. The molecule has 1 aliphatic rings. The van der Waals surface area contributed by atoms with Gasteiger partial charge in [0.2, 0.25) is 5.91 Å². The van der Waals surface area contributed by atoms with Crippen molar-refractivity contribution in [1.82, 2.24) is 5.32 Å². The predicted octanol–water partition coefficient (Wildman–Crippen LogP) is 1.49. The van der Waals surface area contributed by atoms with Crippen LogP contribution in [0.5, 0.6) is 0 Å². The van der Waals surface area contributed by atoms with Crippen molar-refractivity contribution in [3.63, 3.8) is 0 Å². The Morgan fingerprint density at radius 3 is 2.65 bits per heavy atom. The molecule has 5 heteroatoms. The standard InChI is InChI=1S/C15H20N2O3/c1-11-7-8-16-13(9-11)15(20)17(10-14(18)19)12-5-3-2-4-6-12/h2-6,11,13,16H,7-10H2,1H3,(H,18,19). The van der Waals surface area contributed by atoms with E-state index in [0.29, 0.717) is 11.6 Å². The van der Waals surface area contributed by atoms with Crippen molar-refractivity contribution >= 4 is 17.6 Å². The molecule has 108 valence electrons. The van der Waals surface area contributed by atoms with E-state index in [2.05, 4.69) is 12.2 Å². The van der Waals surface area contributed by atoms with Gasteiger partial charge in [-0.3, -0.25) is 14.5 Å². The van der Waals surface area contributed by atoms with Gasteiger partial charge >= 0.3 is 5.97 Å². The van der Waals surface area contributed by atoms with Crippen LogP contribution in [0, 0.1) is 5.92 Å². The van der Waals surface area contributed by atoms with Crippen LogP contribution >= 0.6 is 0 Å². The van der Waals surface area contributed by atoms with Crippen LogP contribution in [0.1, 0.15) is 19.8 Å². The fourth-order valence-corrected chi connectivity index (χ4v) is 2.52. The summed E-state index contributed by atoms with van der Waals surface area (Å²) in [6.45, 7) is 2.61. The molecule has 0 radical (unpaired) electrons. The highest BCUT2D eigenvalue weighted by molar-refractivity contribution is 6.00. The molecule has 5 nitrogen and oxygen atoms in total. The number of para-hydroxylation sites is 1. The number of piperidine rings is 1. The molecule has 1 saturated heterocycles. The topological polar surface area (TPSA) is 69.6 Å². The van der Waals surface area contributed by atoms with Gasteiger partial charge in [-0.2, -0.15) is 0 Å². The number of nitrogens with zero attached hydrogens (tertiary/aromatic N) is 1. The van der Waals surface area contributed by atoms with Crippen molar-refractivity contribution < 1.29 is 14.7 Å². The number of carboxylic acids is 1. The second-order valence-corrected chi connectivity index (χ2v) is 5.29. The molecule has 1 aromatic carbocycles. The van der Waals surface area contributed by atoms with Crippen LogP contribution in [0.3, 0.4) is 0 Å². The maximum Gasteiger partial charge on any atom is 0.323 e. The average Bonchev–Trinajstić information content (AvgIpc) is 2.45. The Morgan fingerprint density at radius 1 is 1.35 bits per heavy atom. The highest BCUT2D eigenvalue weighted by Crippen LogP contribution is 2.20. The normalized spacial score (nSPS) is 22.2. The summed E-state index contributed by atoms with van der Waals surface area (Å²) in [6, 6.07) is 8.66. The van der Waals surface area contributed by atoms with Gasteiger partial charge in [-0.1, -0.05) is 25.1 Å². The number of hydrogen-bond donors (Lipinski definition) is 2. The summed E-state index contributed by atoms with van der Waals surface area (Å²) in [5.74, 6) is -0.691. The molecule has 2 unspecified atom stereocenters. The second-order valence-electron chi connectivity index (χ2n) is 5.29. The van der Waals surface area contributed by atoms with Gasteiger partial charge in [0.05, 0.1) is 6.04 Å². The van der Waals surface area contributed by atoms with Gasteiger partial charge in [-0.05, 0) is 37.4 Å². The average molecular weight is 276 g/mol. The van der Waals surface area contributed by atoms with E-state index in [1.54, 1.807) is 24.3 Å². The van der Waals surface area contributed by atoms with Crippen molar-refractivity contribution in [3.8, 4) is 0 Å². The zero-order valence-electron chi connectivity index (χ0n) is 11.6. The van der Waals surface area contributed by atoms with Gasteiger partial charge in [0.1, 0.15) is 6.54 Å². The number of carbonyl (C=O) groups is 2. The Labute approximate surface area is 118 Å². The van der Waals surface area contributed by atoms with E-state index in [0.717, 1.165) is 19.4 Å². The van der Waals surface area contributed by atoms with Gasteiger partial charge < -0.3 is 10.4 Å². The summed E-state index contributed by atoms with van der Waals surface area (Å²) in [7, 11) is 0. The minimum absolute atomic E-state index is 0.162. The summed E-state index contributed by atoms with van der Waals surface area (Å²) in [6.07, 6.45) is 1.80. The van der Waals surface area contributed by atoms with Crippen molar-refractivity contribution in [2.75, 3.05) is 18.0 Å². The van der Waals surface area contributed by atoms with Gasteiger partial charge in [0, 0.05) is 5.69 Å². The van der Waals surface area contributed by atoms with Crippen molar-refractivity contribution in [2.45, 2.75) is 25.8 Å². The number of aliphatic carboxylic acids is 1. The molecule has 20 heavy (non-hydrogen) atoms. The van der Waals surface area contributed by atoms with Crippen LogP contribution in [0.25, 0.3) is 0 Å². The first-order valence-corrected chi connectivity index (χ1v) is 6.89. The molecular weight excluding hydrogens is 256 g/mol. The molecule has 2 atom stereocenters. The number of carboxylic acid groups (broad SMARTS) is 1. The Balaban J connectivity index is 2.18. The number of hydrogen-bond acceptors (Lipinski definition) is 3.